The summed E-state index contributed by atoms with van der Waals surface area (Å²) in [6.07, 6.45) is 0. The predicted octanol–water partition coefficient (Wildman–Crippen LogP) is 11.0. The summed E-state index contributed by atoms with van der Waals surface area (Å²) < 4.78 is 2.42. The number of fused-ring (bicyclic) bond motifs is 4. The molecule has 0 N–H and O–H groups in total. The fraction of sp³-hybridized carbons (Fsp3) is 0.0244. The molecule has 0 aliphatic heterocycles. The molecule has 0 unspecified atom stereocenters. The molecule has 2 heteroatoms. The average Bonchev–Trinajstić information content (AvgIpc) is 3.40. The normalized spacial score (nSPS) is 11.4. The van der Waals surface area contributed by atoms with Crippen LogP contribution >= 0.6 is 0 Å². The SMILES string of the molecule is CN(c1ccccc1)c1ccc(-c2ccc3c(c2)c2cc4ccccc4cc2n3-c2cccc(-c3ccccc3)c2)cc1. The van der Waals surface area contributed by atoms with Gasteiger partial charge in [-0.15, -0.1) is 0 Å². The van der Waals surface area contributed by atoms with Crippen LogP contribution in [-0.4, -0.2) is 11.6 Å². The highest BCUT2D eigenvalue weighted by Crippen LogP contribution is 2.38. The first kappa shape index (κ1) is 25.1. The minimum Gasteiger partial charge on any atom is -0.345 e. The van der Waals surface area contributed by atoms with Crippen LogP contribution in [0.15, 0.2) is 164 Å². The van der Waals surface area contributed by atoms with E-state index in [4.69, 9.17) is 0 Å². The van der Waals surface area contributed by atoms with Crippen molar-refractivity contribution in [2.24, 2.45) is 0 Å². The predicted molar refractivity (Wildman–Crippen MR) is 184 cm³/mol. The third kappa shape index (κ3) is 4.45. The van der Waals surface area contributed by atoms with Crippen molar-refractivity contribution in [1.82, 2.24) is 4.57 Å². The largest absolute Gasteiger partial charge is 0.345 e. The highest BCUT2D eigenvalue weighted by Gasteiger charge is 2.15. The maximum Gasteiger partial charge on any atom is 0.0547 e. The van der Waals surface area contributed by atoms with E-state index in [1.54, 1.807) is 0 Å². The molecule has 0 aliphatic carbocycles. The number of hydrogen-bond acceptors (Lipinski definition) is 1. The van der Waals surface area contributed by atoms with E-state index < -0.39 is 0 Å². The van der Waals surface area contributed by atoms with Gasteiger partial charge in [-0.05, 0) is 93.7 Å². The Hall–Kier alpha value is -5.60. The molecule has 0 bridgehead atoms. The summed E-state index contributed by atoms with van der Waals surface area (Å²) >= 11 is 0. The lowest BCUT2D eigenvalue weighted by molar-refractivity contribution is 1.18. The summed E-state index contributed by atoms with van der Waals surface area (Å²) in [4.78, 5) is 2.22. The van der Waals surface area contributed by atoms with E-state index in [1.165, 1.54) is 60.5 Å². The van der Waals surface area contributed by atoms with Crippen LogP contribution in [0.1, 0.15) is 0 Å². The van der Waals surface area contributed by atoms with E-state index >= 15 is 0 Å². The van der Waals surface area contributed by atoms with Crippen molar-refractivity contribution < 1.29 is 0 Å². The third-order valence-electron chi connectivity index (χ3n) is 8.58. The van der Waals surface area contributed by atoms with E-state index in [1.807, 2.05) is 0 Å². The number of para-hydroxylation sites is 1. The molecule has 0 amide bonds. The summed E-state index contributed by atoms with van der Waals surface area (Å²) in [6.45, 7) is 0. The lowest BCUT2D eigenvalue weighted by Gasteiger charge is -2.19. The third-order valence-corrected chi connectivity index (χ3v) is 8.58. The van der Waals surface area contributed by atoms with Gasteiger partial charge in [0.1, 0.15) is 0 Å². The molecule has 0 spiro atoms. The second kappa shape index (κ2) is 10.3. The van der Waals surface area contributed by atoms with Crippen LogP contribution in [-0.2, 0) is 0 Å². The van der Waals surface area contributed by atoms with Crippen LogP contribution in [0.25, 0.3) is 60.5 Å². The monoisotopic (exact) mass is 550 g/mol. The summed E-state index contributed by atoms with van der Waals surface area (Å²) in [6, 6.07) is 59.1. The average molecular weight is 551 g/mol. The second-order valence-corrected chi connectivity index (χ2v) is 11.1. The zero-order chi connectivity index (χ0) is 28.8. The van der Waals surface area contributed by atoms with Gasteiger partial charge in [-0.1, -0.05) is 103 Å². The first-order valence-corrected chi connectivity index (χ1v) is 14.7. The van der Waals surface area contributed by atoms with Gasteiger partial charge in [-0.2, -0.15) is 0 Å². The van der Waals surface area contributed by atoms with E-state index in [0.29, 0.717) is 0 Å². The first-order chi connectivity index (χ1) is 21.2. The number of nitrogens with zero attached hydrogens (tertiary/aromatic N) is 2. The Balaban J connectivity index is 1.28. The smallest absolute Gasteiger partial charge is 0.0547 e. The molecule has 2 nitrogen and oxygen atoms in total. The van der Waals surface area contributed by atoms with Crippen molar-refractivity contribution in [3.63, 3.8) is 0 Å². The lowest BCUT2D eigenvalue weighted by atomic mass is 10.0. The maximum absolute atomic E-state index is 2.42. The number of anilines is 2. The Kier molecular flexibility index (Phi) is 6.05. The molecule has 1 aromatic heterocycles. The quantitative estimate of drug-likeness (QED) is 0.207. The number of hydrogen-bond donors (Lipinski definition) is 0. The van der Waals surface area contributed by atoms with E-state index in [9.17, 15) is 0 Å². The highest BCUT2D eigenvalue weighted by molar-refractivity contribution is 6.14. The number of benzene rings is 7. The zero-order valence-electron chi connectivity index (χ0n) is 24.0. The molecule has 204 valence electrons. The van der Waals surface area contributed by atoms with Crippen molar-refractivity contribution >= 4 is 44.0 Å². The maximum atomic E-state index is 2.42. The Morgan fingerprint density at radius 2 is 0.953 bits per heavy atom. The van der Waals surface area contributed by atoms with Crippen LogP contribution in [0.4, 0.5) is 11.4 Å². The molecule has 1 heterocycles. The Bertz CT molecular complexity index is 2230. The molecule has 0 fully saturated rings. The number of rotatable bonds is 5. The van der Waals surface area contributed by atoms with Crippen molar-refractivity contribution in [2.75, 3.05) is 11.9 Å². The topological polar surface area (TPSA) is 8.17 Å². The van der Waals surface area contributed by atoms with E-state index in [0.717, 1.165) is 11.4 Å². The van der Waals surface area contributed by atoms with Gasteiger partial charge in [-0.25, -0.2) is 0 Å². The molecular formula is C41H30N2. The van der Waals surface area contributed by atoms with Gasteiger partial charge in [0.25, 0.3) is 0 Å². The summed E-state index contributed by atoms with van der Waals surface area (Å²) in [7, 11) is 2.11. The van der Waals surface area contributed by atoms with Gasteiger partial charge < -0.3 is 9.47 Å². The van der Waals surface area contributed by atoms with Crippen molar-refractivity contribution in [1.29, 1.82) is 0 Å². The molecule has 43 heavy (non-hydrogen) atoms. The van der Waals surface area contributed by atoms with Crippen molar-refractivity contribution in [3.8, 4) is 27.9 Å². The molecule has 7 aromatic carbocycles. The van der Waals surface area contributed by atoms with Gasteiger partial charge in [0.05, 0.1) is 11.0 Å². The molecule has 0 radical (unpaired) electrons. The second-order valence-electron chi connectivity index (χ2n) is 11.1. The van der Waals surface area contributed by atoms with Gasteiger partial charge in [0.15, 0.2) is 0 Å². The van der Waals surface area contributed by atoms with Gasteiger partial charge >= 0.3 is 0 Å². The van der Waals surface area contributed by atoms with Crippen LogP contribution in [0, 0.1) is 0 Å². The molecule has 0 aliphatic rings. The van der Waals surface area contributed by atoms with Crippen LogP contribution in [0.2, 0.25) is 0 Å². The minimum absolute atomic E-state index is 1.16. The Labute approximate surface area is 251 Å². The lowest BCUT2D eigenvalue weighted by Crippen LogP contribution is -2.08. The molecular weight excluding hydrogens is 520 g/mol. The fourth-order valence-electron chi connectivity index (χ4n) is 6.30. The van der Waals surface area contributed by atoms with Crippen LogP contribution in [0.5, 0.6) is 0 Å². The highest BCUT2D eigenvalue weighted by atomic mass is 15.1. The summed E-state index contributed by atoms with van der Waals surface area (Å²) in [5.74, 6) is 0. The summed E-state index contributed by atoms with van der Waals surface area (Å²) in [5, 5.41) is 5.03. The molecule has 8 rings (SSSR count). The molecule has 0 saturated carbocycles. The molecule has 8 aromatic rings. The Morgan fingerprint density at radius 1 is 0.395 bits per heavy atom. The first-order valence-electron chi connectivity index (χ1n) is 14.7. The number of aromatic nitrogens is 1. The minimum atomic E-state index is 1.16. The van der Waals surface area contributed by atoms with Gasteiger partial charge in [0.2, 0.25) is 0 Å². The van der Waals surface area contributed by atoms with Crippen molar-refractivity contribution in [2.45, 2.75) is 0 Å². The van der Waals surface area contributed by atoms with Crippen LogP contribution in [0.3, 0.4) is 0 Å². The Morgan fingerprint density at radius 3 is 1.72 bits per heavy atom. The van der Waals surface area contributed by atoms with Gasteiger partial charge in [0, 0.05) is 34.9 Å². The van der Waals surface area contributed by atoms with Crippen LogP contribution < -0.4 is 4.90 Å². The van der Waals surface area contributed by atoms with Crippen molar-refractivity contribution in [3.05, 3.63) is 164 Å². The zero-order valence-corrected chi connectivity index (χ0v) is 24.0. The van der Waals surface area contributed by atoms with E-state index in [-0.39, 0.29) is 0 Å². The summed E-state index contributed by atoms with van der Waals surface area (Å²) in [5.41, 5.74) is 10.8. The van der Waals surface area contributed by atoms with Gasteiger partial charge in [-0.3, -0.25) is 0 Å². The van der Waals surface area contributed by atoms with E-state index in [2.05, 4.69) is 180 Å². The standard InChI is InChI=1S/C41H30N2/c1-42(35-16-6-3-7-17-35)36-22-19-30(20-23-36)34-21-24-40-38(27-34)39-26-32-13-8-9-14-33(32)28-41(39)43(40)37-18-10-15-31(25-37)29-11-4-2-5-12-29/h2-28H,1H3. The molecule has 0 saturated heterocycles. The molecule has 0 atom stereocenters. The fourth-order valence-corrected chi connectivity index (χ4v) is 6.30.